The van der Waals surface area contributed by atoms with E-state index in [2.05, 4.69) is 4.74 Å². The molecule has 5 nitrogen and oxygen atoms in total. The van der Waals surface area contributed by atoms with E-state index in [1.54, 1.807) is 36.4 Å². The zero-order valence-corrected chi connectivity index (χ0v) is 12.5. The third-order valence-corrected chi connectivity index (χ3v) is 4.82. The quantitative estimate of drug-likeness (QED) is 0.691. The predicted molar refractivity (Wildman–Crippen MR) is 78.5 cm³/mol. The minimum Gasteiger partial charge on any atom is -0.482 e. The molecule has 0 aromatic heterocycles. The topological polar surface area (TPSA) is 69.7 Å². The van der Waals surface area contributed by atoms with Gasteiger partial charge in [-0.25, -0.2) is 9.00 Å². The number of ether oxygens (including phenoxy) is 2. The maximum Gasteiger partial charge on any atom is 0.343 e. The third kappa shape index (κ3) is 2.42. The van der Waals surface area contributed by atoms with Crippen LogP contribution in [0.15, 0.2) is 52.3 Å². The van der Waals surface area contributed by atoms with Crippen LogP contribution in [-0.2, 0) is 20.3 Å². The van der Waals surface area contributed by atoms with Gasteiger partial charge in [0.2, 0.25) is 0 Å². The zero-order chi connectivity index (χ0) is 15.7. The molecule has 6 heteroatoms. The summed E-state index contributed by atoms with van der Waals surface area (Å²) in [5.41, 5.74) is 0.762. The first kappa shape index (κ1) is 14.5. The zero-order valence-electron chi connectivity index (χ0n) is 11.7. The van der Waals surface area contributed by atoms with Gasteiger partial charge in [-0.15, -0.1) is 0 Å². The van der Waals surface area contributed by atoms with Crippen LogP contribution >= 0.6 is 0 Å². The molecule has 2 aromatic carbocycles. The average Bonchev–Trinajstić information content (AvgIpc) is 2.57. The molecule has 0 amide bonds. The molecular formula is C16H12O5S. The summed E-state index contributed by atoms with van der Waals surface area (Å²) in [5.74, 6) is -0.361. The van der Waals surface area contributed by atoms with Crippen LogP contribution < -0.4 is 4.74 Å². The summed E-state index contributed by atoms with van der Waals surface area (Å²) in [6, 6.07) is 11.5. The first-order chi connectivity index (χ1) is 10.6. The smallest absolute Gasteiger partial charge is 0.343 e. The van der Waals surface area contributed by atoms with Crippen molar-refractivity contribution in [1.82, 2.24) is 0 Å². The van der Waals surface area contributed by atoms with Gasteiger partial charge in [-0.3, -0.25) is 4.79 Å². The molecule has 1 aliphatic rings. The van der Waals surface area contributed by atoms with Crippen LogP contribution in [0, 0.1) is 0 Å². The fourth-order valence-electron chi connectivity index (χ4n) is 2.22. The van der Waals surface area contributed by atoms with Crippen LogP contribution in [-0.4, -0.2) is 29.7 Å². The molecule has 1 aliphatic heterocycles. The van der Waals surface area contributed by atoms with Gasteiger partial charge in [-0.1, -0.05) is 12.1 Å². The van der Waals surface area contributed by atoms with E-state index >= 15 is 0 Å². The minimum absolute atomic E-state index is 0.200. The highest BCUT2D eigenvalue weighted by Gasteiger charge is 2.28. The number of rotatable bonds is 3. The lowest BCUT2D eigenvalue weighted by Crippen LogP contribution is -2.17. The van der Waals surface area contributed by atoms with Crippen LogP contribution in [0.25, 0.3) is 0 Å². The second kappa shape index (κ2) is 5.73. The summed E-state index contributed by atoms with van der Waals surface area (Å²) in [4.78, 5) is 24.6. The van der Waals surface area contributed by atoms with Crippen molar-refractivity contribution < 1.29 is 23.3 Å². The van der Waals surface area contributed by atoms with E-state index in [0.717, 1.165) is 0 Å². The summed E-state index contributed by atoms with van der Waals surface area (Å²) in [7, 11) is -0.135. The van der Waals surface area contributed by atoms with Crippen LogP contribution in [0.5, 0.6) is 5.75 Å². The van der Waals surface area contributed by atoms with Gasteiger partial charge >= 0.3 is 5.97 Å². The van der Waals surface area contributed by atoms with Gasteiger partial charge in [0, 0.05) is 11.1 Å². The fourth-order valence-corrected chi connectivity index (χ4v) is 3.56. The molecule has 0 spiro atoms. The second-order valence-electron chi connectivity index (χ2n) is 4.62. The van der Waals surface area contributed by atoms with Gasteiger partial charge in [0.15, 0.2) is 12.4 Å². The number of carbonyl (C=O) groups is 2. The van der Waals surface area contributed by atoms with Gasteiger partial charge in [-0.05, 0) is 30.3 Å². The maximum atomic E-state index is 12.5. The Balaban J connectivity index is 1.97. The standard InChI is InChI=1S/C16H12O5S/c1-20-15(17)9-21-10-6-7-14-12(8-10)16(18)11-4-2-3-5-13(11)22(14)19/h2-8H,9H2,1H3. The number of fused-ring (bicyclic) bond motifs is 2. The number of hydrogen-bond acceptors (Lipinski definition) is 5. The Morgan fingerprint density at radius 3 is 2.59 bits per heavy atom. The lowest BCUT2D eigenvalue weighted by atomic mass is 10.0. The van der Waals surface area contributed by atoms with Gasteiger partial charge in [0.25, 0.3) is 0 Å². The lowest BCUT2D eigenvalue weighted by Gasteiger charge is -2.18. The molecule has 1 atom stereocenters. The van der Waals surface area contributed by atoms with Crippen LogP contribution in [0.1, 0.15) is 15.9 Å². The van der Waals surface area contributed by atoms with Crippen molar-refractivity contribution in [3.63, 3.8) is 0 Å². The summed E-state index contributed by atoms with van der Waals surface area (Å²) in [5, 5.41) is 0. The van der Waals surface area contributed by atoms with E-state index in [9.17, 15) is 13.8 Å². The van der Waals surface area contributed by atoms with Gasteiger partial charge < -0.3 is 9.47 Å². The number of ketones is 1. The van der Waals surface area contributed by atoms with E-state index in [1.165, 1.54) is 13.2 Å². The van der Waals surface area contributed by atoms with Crippen molar-refractivity contribution in [3.05, 3.63) is 53.6 Å². The van der Waals surface area contributed by atoms with Crippen molar-refractivity contribution in [2.45, 2.75) is 9.79 Å². The van der Waals surface area contributed by atoms with Gasteiger partial charge in [0.1, 0.15) is 5.75 Å². The molecule has 1 heterocycles. The Labute approximate surface area is 129 Å². The van der Waals surface area contributed by atoms with Crippen LogP contribution in [0.4, 0.5) is 0 Å². The van der Waals surface area contributed by atoms with Gasteiger partial charge in [0.05, 0.1) is 27.7 Å². The molecule has 1 unspecified atom stereocenters. The normalized spacial score (nSPS) is 15.7. The molecule has 3 rings (SSSR count). The Morgan fingerprint density at radius 1 is 1.09 bits per heavy atom. The van der Waals surface area contributed by atoms with E-state index in [1.807, 2.05) is 0 Å². The Bertz CT molecular complexity index is 797. The second-order valence-corrected chi connectivity index (χ2v) is 6.03. The summed E-state index contributed by atoms with van der Waals surface area (Å²) < 4.78 is 22.3. The molecule has 0 aliphatic carbocycles. The van der Waals surface area contributed by atoms with E-state index in [0.29, 0.717) is 26.7 Å². The molecule has 0 fully saturated rings. The monoisotopic (exact) mass is 316 g/mol. The molecule has 22 heavy (non-hydrogen) atoms. The molecular weight excluding hydrogens is 304 g/mol. The molecule has 2 aromatic rings. The highest BCUT2D eigenvalue weighted by atomic mass is 32.2. The van der Waals surface area contributed by atoms with Crippen LogP contribution in [0.3, 0.4) is 0 Å². The molecule has 0 N–H and O–H groups in total. The maximum absolute atomic E-state index is 12.5. The SMILES string of the molecule is COC(=O)COc1ccc2c(c1)C(=O)c1ccccc1S2=O. The fraction of sp³-hybridized carbons (Fsp3) is 0.125. The Morgan fingerprint density at radius 2 is 1.82 bits per heavy atom. The van der Waals surface area contributed by atoms with Crippen molar-refractivity contribution in [3.8, 4) is 5.75 Å². The summed E-state index contributed by atoms with van der Waals surface area (Å²) >= 11 is 0. The van der Waals surface area contributed by atoms with Gasteiger partial charge in [-0.2, -0.15) is 0 Å². The highest BCUT2D eigenvalue weighted by Crippen LogP contribution is 2.33. The number of hydrogen-bond donors (Lipinski definition) is 0. The Hall–Kier alpha value is -2.47. The average molecular weight is 316 g/mol. The third-order valence-electron chi connectivity index (χ3n) is 3.31. The van der Waals surface area contributed by atoms with Crippen molar-refractivity contribution in [1.29, 1.82) is 0 Å². The van der Waals surface area contributed by atoms with Crippen LogP contribution in [0.2, 0.25) is 0 Å². The minimum atomic E-state index is -1.40. The highest BCUT2D eigenvalue weighted by molar-refractivity contribution is 7.85. The molecule has 0 saturated carbocycles. The number of methoxy groups -OCH3 is 1. The van der Waals surface area contributed by atoms with Crippen molar-refractivity contribution in [2.24, 2.45) is 0 Å². The lowest BCUT2D eigenvalue weighted by molar-refractivity contribution is -0.142. The first-order valence-corrected chi connectivity index (χ1v) is 7.66. The number of carbonyl (C=O) groups excluding carboxylic acids is 2. The number of esters is 1. The molecule has 0 radical (unpaired) electrons. The summed E-state index contributed by atoms with van der Waals surface area (Å²) in [6.07, 6.45) is 0. The predicted octanol–water partition coefficient (Wildman–Crippen LogP) is 1.95. The summed E-state index contributed by atoms with van der Waals surface area (Å²) in [6.45, 7) is -0.247. The van der Waals surface area contributed by atoms with Crippen molar-refractivity contribution >= 4 is 22.6 Å². The van der Waals surface area contributed by atoms with E-state index in [4.69, 9.17) is 4.74 Å². The van der Waals surface area contributed by atoms with E-state index < -0.39 is 16.8 Å². The van der Waals surface area contributed by atoms with E-state index in [-0.39, 0.29) is 12.4 Å². The molecule has 112 valence electrons. The Kier molecular flexibility index (Phi) is 3.77. The molecule has 0 saturated heterocycles. The molecule has 0 bridgehead atoms. The number of benzene rings is 2. The largest absolute Gasteiger partial charge is 0.482 e. The van der Waals surface area contributed by atoms with Crippen molar-refractivity contribution in [2.75, 3.05) is 13.7 Å². The first-order valence-electron chi connectivity index (χ1n) is 6.51.